The van der Waals surface area contributed by atoms with E-state index in [1.54, 1.807) is 43.3 Å². The monoisotopic (exact) mass is 323 g/mol. The van der Waals surface area contributed by atoms with Crippen LogP contribution in [0.3, 0.4) is 0 Å². The molecule has 0 fully saturated rings. The molecule has 0 spiro atoms. The minimum Gasteiger partial charge on any atom is -0.320 e. The molecule has 0 saturated heterocycles. The van der Waals surface area contributed by atoms with E-state index in [4.69, 9.17) is 0 Å². The Labute approximate surface area is 136 Å². The van der Waals surface area contributed by atoms with Gasteiger partial charge in [0.15, 0.2) is 0 Å². The van der Waals surface area contributed by atoms with Gasteiger partial charge in [-0.3, -0.25) is 19.7 Å². The summed E-state index contributed by atoms with van der Waals surface area (Å²) in [5.41, 5.74) is 0.599. The molecular formula is C17H13N3O4. The molecule has 0 atom stereocenters. The number of carbonyl (C=O) groups excluding carboxylic acids is 1. The fourth-order valence-electron chi connectivity index (χ4n) is 2.38. The first-order valence-corrected chi connectivity index (χ1v) is 7.14. The van der Waals surface area contributed by atoms with Gasteiger partial charge in [0.25, 0.3) is 17.2 Å². The predicted octanol–water partition coefficient (Wildman–Crippen LogP) is 3.00. The Bertz CT molecular complexity index is 1020. The predicted molar refractivity (Wildman–Crippen MR) is 90.4 cm³/mol. The van der Waals surface area contributed by atoms with Gasteiger partial charge in [0.2, 0.25) is 0 Å². The van der Waals surface area contributed by atoms with Crippen molar-refractivity contribution in [2.24, 2.45) is 0 Å². The van der Waals surface area contributed by atoms with Crippen LogP contribution in [0.25, 0.3) is 10.8 Å². The number of nitrogens with zero attached hydrogens (tertiary/aromatic N) is 1. The number of anilines is 1. The molecule has 3 aromatic rings. The van der Waals surface area contributed by atoms with Gasteiger partial charge in [-0.05, 0) is 30.0 Å². The van der Waals surface area contributed by atoms with Crippen molar-refractivity contribution in [3.8, 4) is 0 Å². The number of H-pyrrole nitrogens is 1. The topological polar surface area (TPSA) is 105 Å². The molecule has 1 amide bonds. The van der Waals surface area contributed by atoms with E-state index in [1.165, 1.54) is 12.1 Å². The summed E-state index contributed by atoms with van der Waals surface area (Å²) in [5.74, 6) is -0.540. The second kappa shape index (κ2) is 5.96. The standard InChI is InChI=1S/C17H13N3O4/c1-10-6-7-12(20(23)24)9-14(10)18-17(22)15-8-11-4-2-3-5-13(11)16(21)19-15/h2-9H,1H3,(H,18,22)(H,19,21). The van der Waals surface area contributed by atoms with Gasteiger partial charge in [-0.25, -0.2) is 0 Å². The van der Waals surface area contributed by atoms with E-state index in [0.717, 1.165) is 0 Å². The highest BCUT2D eigenvalue weighted by molar-refractivity contribution is 6.05. The van der Waals surface area contributed by atoms with Gasteiger partial charge in [0.05, 0.1) is 10.6 Å². The van der Waals surface area contributed by atoms with Crippen molar-refractivity contribution in [2.75, 3.05) is 5.32 Å². The number of fused-ring (bicyclic) bond motifs is 1. The second-order valence-corrected chi connectivity index (χ2v) is 5.31. The van der Waals surface area contributed by atoms with Gasteiger partial charge in [-0.2, -0.15) is 0 Å². The summed E-state index contributed by atoms with van der Waals surface area (Å²) in [5, 5.41) is 14.6. The lowest BCUT2D eigenvalue weighted by Crippen LogP contribution is -2.19. The fraction of sp³-hybridized carbons (Fsp3) is 0.0588. The van der Waals surface area contributed by atoms with Crippen molar-refractivity contribution in [1.29, 1.82) is 0 Å². The zero-order chi connectivity index (χ0) is 17.3. The third-order valence-electron chi connectivity index (χ3n) is 3.68. The van der Waals surface area contributed by atoms with Gasteiger partial charge in [-0.1, -0.05) is 24.3 Å². The zero-order valence-electron chi connectivity index (χ0n) is 12.7. The number of hydrogen-bond acceptors (Lipinski definition) is 4. The van der Waals surface area contributed by atoms with Crippen molar-refractivity contribution < 1.29 is 9.72 Å². The van der Waals surface area contributed by atoms with Crippen LogP contribution in [0.2, 0.25) is 0 Å². The van der Waals surface area contributed by atoms with Crippen molar-refractivity contribution in [2.45, 2.75) is 6.92 Å². The first kappa shape index (κ1) is 15.4. The molecule has 0 aliphatic carbocycles. The average molecular weight is 323 g/mol. The lowest BCUT2D eigenvalue weighted by molar-refractivity contribution is -0.384. The Hall–Kier alpha value is -3.48. The highest BCUT2D eigenvalue weighted by atomic mass is 16.6. The number of amides is 1. The van der Waals surface area contributed by atoms with E-state index in [-0.39, 0.29) is 16.9 Å². The van der Waals surface area contributed by atoms with Crippen LogP contribution in [-0.2, 0) is 0 Å². The Morgan fingerprint density at radius 2 is 1.92 bits per heavy atom. The Morgan fingerprint density at radius 1 is 1.17 bits per heavy atom. The average Bonchev–Trinajstić information content (AvgIpc) is 2.56. The van der Waals surface area contributed by atoms with E-state index < -0.39 is 10.8 Å². The van der Waals surface area contributed by atoms with Crippen molar-refractivity contribution in [3.63, 3.8) is 0 Å². The minimum atomic E-state index is -0.540. The summed E-state index contributed by atoms with van der Waals surface area (Å²) in [6.07, 6.45) is 0. The molecule has 7 heteroatoms. The smallest absolute Gasteiger partial charge is 0.272 e. The first-order chi connectivity index (χ1) is 11.5. The van der Waals surface area contributed by atoms with Crippen LogP contribution >= 0.6 is 0 Å². The summed E-state index contributed by atoms with van der Waals surface area (Å²) in [4.78, 5) is 37.3. The van der Waals surface area contributed by atoms with E-state index in [1.807, 2.05) is 0 Å². The van der Waals surface area contributed by atoms with Crippen LogP contribution in [0.1, 0.15) is 16.1 Å². The maximum absolute atomic E-state index is 12.4. The molecule has 0 bridgehead atoms. The molecule has 0 radical (unpaired) electrons. The summed E-state index contributed by atoms with van der Waals surface area (Å²) >= 11 is 0. The summed E-state index contributed by atoms with van der Waals surface area (Å²) in [7, 11) is 0. The molecule has 120 valence electrons. The molecule has 0 aliphatic heterocycles. The number of pyridine rings is 1. The normalized spacial score (nSPS) is 10.5. The zero-order valence-corrected chi connectivity index (χ0v) is 12.7. The fourth-order valence-corrected chi connectivity index (χ4v) is 2.38. The number of benzene rings is 2. The lowest BCUT2D eigenvalue weighted by Gasteiger charge is -2.09. The molecule has 24 heavy (non-hydrogen) atoms. The highest BCUT2D eigenvalue weighted by Crippen LogP contribution is 2.22. The SMILES string of the molecule is Cc1ccc([N+](=O)[O-])cc1NC(=O)c1cc2ccccc2c(=O)[nH]1. The van der Waals surface area contributed by atoms with Crippen LogP contribution in [0, 0.1) is 17.0 Å². The van der Waals surface area contributed by atoms with Gasteiger partial charge in [-0.15, -0.1) is 0 Å². The molecule has 0 saturated carbocycles. The minimum absolute atomic E-state index is 0.0876. The van der Waals surface area contributed by atoms with E-state index in [9.17, 15) is 19.7 Å². The van der Waals surface area contributed by atoms with Crippen molar-refractivity contribution in [3.05, 3.63) is 80.3 Å². The van der Waals surface area contributed by atoms with Crippen LogP contribution in [-0.4, -0.2) is 15.8 Å². The number of non-ortho nitro benzene ring substituents is 1. The summed E-state index contributed by atoms with van der Waals surface area (Å²) < 4.78 is 0. The maximum Gasteiger partial charge on any atom is 0.272 e. The van der Waals surface area contributed by atoms with Gasteiger partial charge >= 0.3 is 0 Å². The molecular weight excluding hydrogens is 310 g/mol. The molecule has 1 heterocycles. The van der Waals surface area contributed by atoms with Gasteiger partial charge in [0, 0.05) is 17.5 Å². The number of rotatable bonds is 3. The van der Waals surface area contributed by atoms with Crippen LogP contribution in [0.15, 0.2) is 53.3 Å². The van der Waals surface area contributed by atoms with Crippen molar-refractivity contribution in [1.82, 2.24) is 4.98 Å². The molecule has 2 N–H and O–H groups in total. The number of aryl methyl sites for hydroxylation is 1. The maximum atomic E-state index is 12.4. The molecule has 0 unspecified atom stereocenters. The Balaban J connectivity index is 1.97. The third-order valence-corrected chi connectivity index (χ3v) is 3.68. The van der Waals surface area contributed by atoms with E-state index in [2.05, 4.69) is 10.3 Å². The van der Waals surface area contributed by atoms with E-state index >= 15 is 0 Å². The number of nitrogens with one attached hydrogen (secondary N) is 2. The van der Waals surface area contributed by atoms with Gasteiger partial charge in [0.1, 0.15) is 5.69 Å². The summed E-state index contributed by atoms with van der Waals surface area (Å²) in [6.45, 7) is 1.72. The van der Waals surface area contributed by atoms with Crippen molar-refractivity contribution >= 4 is 28.1 Å². The molecule has 7 nitrogen and oxygen atoms in total. The van der Waals surface area contributed by atoms with Crippen LogP contribution in [0.5, 0.6) is 0 Å². The molecule has 1 aromatic heterocycles. The molecule has 2 aromatic carbocycles. The van der Waals surface area contributed by atoms with Gasteiger partial charge < -0.3 is 10.3 Å². The highest BCUT2D eigenvalue weighted by Gasteiger charge is 2.14. The number of nitro groups is 1. The lowest BCUT2D eigenvalue weighted by atomic mass is 10.1. The summed E-state index contributed by atoms with van der Waals surface area (Å²) in [6, 6.07) is 12.7. The number of aromatic nitrogens is 1. The molecule has 0 aliphatic rings. The first-order valence-electron chi connectivity index (χ1n) is 7.14. The van der Waals surface area contributed by atoms with Crippen LogP contribution in [0.4, 0.5) is 11.4 Å². The Morgan fingerprint density at radius 3 is 2.67 bits per heavy atom. The number of carbonyl (C=O) groups is 1. The van der Waals surface area contributed by atoms with E-state index in [0.29, 0.717) is 22.0 Å². The largest absolute Gasteiger partial charge is 0.320 e. The Kier molecular flexibility index (Phi) is 3.83. The second-order valence-electron chi connectivity index (χ2n) is 5.31. The molecule has 3 rings (SSSR count). The number of aromatic amines is 1. The van der Waals surface area contributed by atoms with Crippen LogP contribution < -0.4 is 10.9 Å². The third kappa shape index (κ3) is 2.87. The number of nitro benzene ring substituents is 1. The quantitative estimate of drug-likeness (QED) is 0.571. The number of hydrogen-bond donors (Lipinski definition) is 2.